The minimum absolute atomic E-state index is 0.162. The average Bonchev–Trinajstić information content (AvgIpc) is 3.44. The van der Waals surface area contributed by atoms with Crippen molar-refractivity contribution < 1.29 is 23.8 Å². The number of carbonyl (C=O) groups excluding carboxylic acids is 1. The summed E-state index contributed by atoms with van der Waals surface area (Å²) in [5.41, 5.74) is 1.45. The third-order valence-electron chi connectivity index (χ3n) is 5.55. The Labute approximate surface area is 196 Å². The first-order valence-electron chi connectivity index (χ1n) is 10.5. The predicted molar refractivity (Wildman–Crippen MR) is 125 cm³/mol. The van der Waals surface area contributed by atoms with Crippen molar-refractivity contribution in [1.82, 2.24) is 15.2 Å². The Morgan fingerprint density at radius 3 is 2.70 bits per heavy atom. The molecule has 1 aliphatic rings. The third kappa shape index (κ3) is 4.73. The quantitative estimate of drug-likeness (QED) is 0.378. The number of methoxy groups -OCH3 is 1. The standard InChI is InChI=1S/C24H23N3O5S/c1-31-20(28)10-6-14-27-22(21(26-24(27)33)17-9-4-5-13-25-17)19-12-11-18(32-19)15-7-2-3-8-16(15)23(29)30/h2-5,7-9,11-13,21-22H,6,10,14H2,1H3,(H,26,33)(H,29,30). The van der Waals surface area contributed by atoms with Gasteiger partial charge < -0.3 is 24.5 Å². The summed E-state index contributed by atoms with van der Waals surface area (Å²) in [6, 6.07) is 15.4. The van der Waals surface area contributed by atoms with Crippen molar-refractivity contribution in [3.63, 3.8) is 0 Å². The van der Waals surface area contributed by atoms with Crippen molar-refractivity contribution in [2.75, 3.05) is 13.7 Å². The first-order valence-corrected chi connectivity index (χ1v) is 10.9. The summed E-state index contributed by atoms with van der Waals surface area (Å²) in [5, 5.41) is 13.4. The van der Waals surface area contributed by atoms with E-state index in [-0.39, 0.29) is 30.0 Å². The van der Waals surface area contributed by atoms with Crippen LogP contribution in [0.15, 0.2) is 65.2 Å². The lowest BCUT2D eigenvalue weighted by Crippen LogP contribution is -2.30. The number of ether oxygens (including phenoxy) is 1. The number of hydrogen-bond donors (Lipinski definition) is 2. The number of carboxylic acid groups (broad SMARTS) is 1. The van der Waals surface area contributed by atoms with Gasteiger partial charge in [0.05, 0.1) is 24.4 Å². The van der Waals surface area contributed by atoms with Crippen LogP contribution >= 0.6 is 12.2 Å². The Balaban J connectivity index is 1.68. The van der Waals surface area contributed by atoms with Crippen LogP contribution in [0.25, 0.3) is 11.3 Å². The lowest BCUT2D eigenvalue weighted by atomic mass is 10.0. The van der Waals surface area contributed by atoms with Crippen molar-refractivity contribution in [2.45, 2.75) is 24.9 Å². The molecule has 1 fully saturated rings. The number of rotatable bonds is 8. The maximum absolute atomic E-state index is 11.7. The van der Waals surface area contributed by atoms with E-state index in [2.05, 4.69) is 10.3 Å². The molecule has 2 atom stereocenters. The Morgan fingerprint density at radius 2 is 1.97 bits per heavy atom. The predicted octanol–water partition coefficient (Wildman–Crippen LogP) is 3.97. The van der Waals surface area contributed by atoms with Crippen molar-refractivity contribution in [3.05, 3.63) is 77.8 Å². The van der Waals surface area contributed by atoms with E-state index in [1.54, 1.807) is 36.5 Å². The Morgan fingerprint density at radius 1 is 1.18 bits per heavy atom. The first-order chi connectivity index (χ1) is 16.0. The van der Waals surface area contributed by atoms with Gasteiger partial charge in [-0.25, -0.2) is 4.79 Å². The van der Waals surface area contributed by atoms with Gasteiger partial charge in [-0.1, -0.05) is 24.3 Å². The summed E-state index contributed by atoms with van der Waals surface area (Å²) >= 11 is 5.61. The molecule has 2 aromatic heterocycles. The van der Waals surface area contributed by atoms with Crippen LogP contribution in [0.3, 0.4) is 0 Å². The molecule has 1 aromatic carbocycles. The van der Waals surface area contributed by atoms with Gasteiger partial charge >= 0.3 is 11.9 Å². The number of aromatic nitrogens is 1. The Kier molecular flexibility index (Phi) is 6.69. The second-order valence-corrected chi connectivity index (χ2v) is 7.94. The SMILES string of the molecule is COC(=O)CCCN1C(=S)NC(c2ccccn2)C1c1ccc(-c2ccccc2C(=O)O)o1. The normalized spacial score (nSPS) is 17.6. The maximum atomic E-state index is 11.7. The first kappa shape index (κ1) is 22.5. The third-order valence-corrected chi connectivity index (χ3v) is 5.90. The average molecular weight is 466 g/mol. The molecule has 0 spiro atoms. The molecular weight excluding hydrogens is 442 g/mol. The lowest BCUT2D eigenvalue weighted by molar-refractivity contribution is -0.140. The number of carboxylic acids is 1. The van der Waals surface area contributed by atoms with E-state index in [0.717, 1.165) is 5.69 Å². The number of nitrogens with zero attached hydrogens (tertiary/aromatic N) is 2. The molecular formula is C24H23N3O5S. The van der Waals surface area contributed by atoms with Crippen LogP contribution in [0.5, 0.6) is 0 Å². The highest BCUT2D eigenvalue weighted by atomic mass is 32.1. The van der Waals surface area contributed by atoms with E-state index < -0.39 is 5.97 Å². The van der Waals surface area contributed by atoms with Crippen LogP contribution in [0.2, 0.25) is 0 Å². The van der Waals surface area contributed by atoms with Gasteiger partial charge in [-0.15, -0.1) is 0 Å². The number of esters is 1. The molecule has 0 amide bonds. The number of hydrogen-bond acceptors (Lipinski definition) is 6. The summed E-state index contributed by atoms with van der Waals surface area (Å²) in [5.74, 6) is -0.235. The van der Waals surface area contributed by atoms with E-state index in [1.807, 2.05) is 29.2 Å². The molecule has 4 rings (SSSR count). The zero-order valence-corrected chi connectivity index (χ0v) is 18.7. The minimum atomic E-state index is -1.02. The molecule has 1 saturated heterocycles. The monoisotopic (exact) mass is 465 g/mol. The zero-order chi connectivity index (χ0) is 23.4. The van der Waals surface area contributed by atoms with Crippen molar-refractivity contribution in [3.8, 4) is 11.3 Å². The molecule has 0 saturated carbocycles. The molecule has 1 aliphatic heterocycles. The minimum Gasteiger partial charge on any atom is -0.478 e. The van der Waals surface area contributed by atoms with E-state index >= 15 is 0 Å². The number of pyridine rings is 1. The Hall–Kier alpha value is -3.72. The van der Waals surface area contributed by atoms with Crippen LogP contribution in [0.1, 0.15) is 46.7 Å². The number of carbonyl (C=O) groups is 2. The molecule has 8 nitrogen and oxygen atoms in total. The van der Waals surface area contributed by atoms with Crippen LogP contribution in [0.4, 0.5) is 0 Å². The number of benzene rings is 1. The molecule has 3 aromatic rings. The second kappa shape index (κ2) is 9.83. The van der Waals surface area contributed by atoms with E-state index in [0.29, 0.717) is 35.2 Å². The molecule has 170 valence electrons. The van der Waals surface area contributed by atoms with Crippen LogP contribution in [0, 0.1) is 0 Å². The molecule has 33 heavy (non-hydrogen) atoms. The van der Waals surface area contributed by atoms with Gasteiger partial charge in [0, 0.05) is 24.7 Å². The summed E-state index contributed by atoms with van der Waals surface area (Å²) in [6.07, 6.45) is 2.54. The molecule has 9 heteroatoms. The van der Waals surface area contributed by atoms with Crippen molar-refractivity contribution in [2.24, 2.45) is 0 Å². The van der Waals surface area contributed by atoms with Gasteiger partial charge in [0.2, 0.25) is 0 Å². The van der Waals surface area contributed by atoms with Crippen LogP contribution in [-0.2, 0) is 9.53 Å². The lowest BCUT2D eigenvalue weighted by Gasteiger charge is -2.25. The molecule has 0 aliphatic carbocycles. The van der Waals surface area contributed by atoms with Gasteiger partial charge in [-0.3, -0.25) is 9.78 Å². The number of aromatic carboxylic acids is 1. The van der Waals surface area contributed by atoms with E-state index in [4.69, 9.17) is 21.4 Å². The Bertz CT molecular complexity index is 1160. The summed E-state index contributed by atoms with van der Waals surface area (Å²) < 4.78 is 10.9. The number of furan rings is 1. The molecule has 0 radical (unpaired) electrons. The van der Waals surface area contributed by atoms with Crippen LogP contribution in [-0.4, -0.2) is 45.7 Å². The summed E-state index contributed by atoms with van der Waals surface area (Å²) in [6.45, 7) is 0.511. The van der Waals surface area contributed by atoms with Crippen LogP contribution < -0.4 is 5.32 Å². The summed E-state index contributed by atoms with van der Waals surface area (Å²) in [7, 11) is 1.36. The van der Waals surface area contributed by atoms with Gasteiger partial charge in [0.1, 0.15) is 17.6 Å². The van der Waals surface area contributed by atoms with Gasteiger partial charge in [0.15, 0.2) is 5.11 Å². The molecule has 3 heterocycles. The summed E-state index contributed by atoms with van der Waals surface area (Å²) in [4.78, 5) is 29.7. The zero-order valence-electron chi connectivity index (χ0n) is 17.9. The highest BCUT2D eigenvalue weighted by Gasteiger charge is 2.41. The number of thiocarbonyl (C=S) groups is 1. The van der Waals surface area contributed by atoms with Crippen molar-refractivity contribution in [1.29, 1.82) is 0 Å². The van der Waals surface area contributed by atoms with Crippen molar-refractivity contribution >= 4 is 29.3 Å². The molecule has 0 bridgehead atoms. The van der Waals surface area contributed by atoms with Gasteiger partial charge in [-0.05, 0) is 49.0 Å². The van der Waals surface area contributed by atoms with E-state index in [1.165, 1.54) is 7.11 Å². The highest BCUT2D eigenvalue weighted by Crippen LogP contribution is 2.40. The smallest absolute Gasteiger partial charge is 0.336 e. The number of nitrogens with one attached hydrogen (secondary N) is 1. The van der Waals surface area contributed by atoms with E-state index in [9.17, 15) is 14.7 Å². The largest absolute Gasteiger partial charge is 0.478 e. The van der Waals surface area contributed by atoms with Gasteiger partial charge in [0.25, 0.3) is 0 Å². The van der Waals surface area contributed by atoms with Gasteiger partial charge in [-0.2, -0.15) is 0 Å². The molecule has 2 N–H and O–H groups in total. The topological polar surface area (TPSA) is 105 Å². The highest BCUT2D eigenvalue weighted by molar-refractivity contribution is 7.80. The second-order valence-electron chi connectivity index (χ2n) is 7.55. The fraction of sp³-hybridized carbons (Fsp3) is 0.250. The maximum Gasteiger partial charge on any atom is 0.336 e. The molecule has 2 unspecified atom stereocenters. The fourth-order valence-electron chi connectivity index (χ4n) is 3.99. The fourth-order valence-corrected chi connectivity index (χ4v) is 4.32.